The van der Waals surface area contributed by atoms with Crippen molar-refractivity contribution in [2.75, 3.05) is 13.7 Å². The summed E-state index contributed by atoms with van der Waals surface area (Å²) >= 11 is 0. The van der Waals surface area contributed by atoms with Gasteiger partial charge in [0.05, 0.1) is 13.2 Å². The highest BCUT2D eigenvalue weighted by Gasteiger charge is 2.13. The molecular formula is C17H22N2O3. The van der Waals surface area contributed by atoms with Gasteiger partial charge in [0.2, 0.25) is 5.91 Å². The summed E-state index contributed by atoms with van der Waals surface area (Å²) in [6.07, 6.45) is 3.52. The lowest BCUT2D eigenvalue weighted by atomic mass is 10.1. The Labute approximate surface area is 130 Å². The van der Waals surface area contributed by atoms with Gasteiger partial charge in [0.15, 0.2) is 0 Å². The van der Waals surface area contributed by atoms with Crippen molar-refractivity contribution in [3.8, 4) is 5.75 Å². The minimum Gasteiger partial charge on any atom is -0.497 e. The lowest BCUT2D eigenvalue weighted by Crippen LogP contribution is -2.29. The molecule has 2 atom stereocenters. The fourth-order valence-electron chi connectivity index (χ4n) is 2.24. The number of rotatable bonds is 7. The largest absolute Gasteiger partial charge is 0.497 e. The average molecular weight is 302 g/mol. The quantitative estimate of drug-likeness (QED) is 0.825. The maximum absolute atomic E-state index is 11.9. The van der Waals surface area contributed by atoms with Crippen LogP contribution in [0.3, 0.4) is 0 Å². The van der Waals surface area contributed by atoms with Crippen molar-refractivity contribution >= 4 is 5.91 Å². The molecule has 0 aliphatic heterocycles. The second-order valence-electron chi connectivity index (χ2n) is 5.28. The van der Waals surface area contributed by atoms with Crippen molar-refractivity contribution in [2.24, 2.45) is 0 Å². The van der Waals surface area contributed by atoms with Gasteiger partial charge in [0, 0.05) is 31.4 Å². The van der Waals surface area contributed by atoms with Gasteiger partial charge in [-0.15, -0.1) is 0 Å². The van der Waals surface area contributed by atoms with Gasteiger partial charge >= 0.3 is 0 Å². The summed E-state index contributed by atoms with van der Waals surface area (Å²) in [5.41, 5.74) is 0.750. The van der Waals surface area contributed by atoms with Crippen molar-refractivity contribution in [3.63, 3.8) is 0 Å². The van der Waals surface area contributed by atoms with Crippen molar-refractivity contribution in [1.82, 2.24) is 9.88 Å². The third-order valence-corrected chi connectivity index (χ3v) is 3.61. The van der Waals surface area contributed by atoms with Crippen LogP contribution in [0.5, 0.6) is 5.75 Å². The SMILES string of the molecule is COc1ccc(C(O)CNC(=O)CC(C)n2cccc2)cc1. The predicted molar refractivity (Wildman–Crippen MR) is 84.7 cm³/mol. The van der Waals surface area contributed by atoms with E-state index in [9.17, 15) is 9.90 Å². The van der Waals surface area contributed by atoms with E-state index in [2.05, 4.69) is 5.32 Å². The number of aliphatic hydroxyl groups is 1. The van der Waals surface area contributed by atoms with E-state index in [1.54, 1.807) is 31.4 Å². The summed E-state index contributed by atoms with van der Waals surface area (Å²) in [5.74, 6) is 0.661. The van der Waals surface area contributed by atoms with Gasteiger partial charge in [-0.1, -0.05) is 12.1 Å². The summed E-state index contributed by atoms with van der Waals surface area (Å²) in [4.78, 5) is 11.9. The van der Waals surface area contributed by atoms with E-state index < -0.39 is 6.10 Å². The highest BCUT2D eigenvalue weighted by molar-refractivity contribution is 5.76. The van der Waals surface area contributed by atoms with Crippen molar-refractivity contribution < 1.29 is 14.6 Å². The summed E-state index contributed by atoms with van der Waals surface area (Å²) < 4.78 is 7.06. The van der Waals surface area contributed by atoms with Crippen LogP contribution in [0.2, 0.25) is 0 Å². The zero-order chi connectivity index (χ0) is 15.9. The molecule has 1 heterocycles. The molecule has 2 rings (SSSR count). The summed E-state index contributed by atoms with van der Waals surface area (Å²) in [7, 11) is 1.59. The smallest absolute Gasteiger partial charge is 0.222 e. The Bertz CT molecular complexity index is 578. The van der Waals surface area contributed by atoms with E-state index in [0.717, 1.165) is 11.3 Å². The van der Waals surface area contributed by atoms with Gasteiger partial charge in [-0.25, -0.2) is 0 Å². The van der Waals surface area contributed by atoms with Crippen LogP contribution in [-0.4, -0.2) is 29.2 Å². The molecule has 5 nitrogen and oxygen atoms in total. The highest BCUT2D eigenvalue weighted by Crippen LogP contribution is 2.17. The Hall–Kier alpha value is -2.27. The number of carbonyl (C=O) groups is 1. The molecule has 2 N–H and O–H groups in total. The Kier molecular flexibility index (Phi) is 5.61. The molecular weight excluding hydrogens is 280 g/mol. The van der Waals surface area contributed by atoms with Crippen LogP contribution in [0, 0.1) is 0 Å². The van der Waals surface area contributed by atoms with E-state index in [1.165, 1.54) is 0 Å². The fraction of sp³-hybridized carbons (Fsp3) is 0.353. The number of aromatic nitrogens is 1. The summed E-state index contributed by atoms with van der Waals surface area (Å²) in [5, 5.41) is 12.9. The van der Waals surface area contributed by atoms with Crippen LogP contribution < -0.4 is 10.1 Å². The van der Waals surface area contributed by atoms with Crippen LogP contribution in [-0.2, 0) is 4.79 Å². The highest BCUT2D eigenvalue weighted by atomic mass is 16.5. The van der Waals surface area contributed by atoms with Crippen molar-refractivity contribution in [2.45, 2.75) is 25.5 Å². The van der Waals surface area contributed by atoms with Crippen LogP contribution >= 0.6 is 0 Å². The van der Waals surface area contributed by atoms with Crippen LogP contribution in [0.1, 0.15) is 31.1 Å². The molecule has 0 radical (unpaired) electrons. The minimum absolute atomic E-state index is 0.0752. The maximum atomic E-state index is 11.9. The summed E-state index contributed by atoms with van der Waals surface area (Å²) in [6, 6.07) is 11.1. The van der Waals surface area contributed by atoms with Gasteiger partial charge in [-0.3, -0.25) is 4.79 Å². The molecule has 0 aliphatic rings. The van der Waals surface area contributed by atoms with Crippen LogP contribution in [0.15, 0.2) is 48.8 Å². The summed E-state index contributed by atoms with van der Waals surface area (Å²) in [6.45, 7) is 2.18. The standard InChI is InChI=1S/C17H22N2O3/c1-13(19-9-3-4-10-19)11-17(21)18-12-16(20)14-5-7-15(22-2)8-6-14/h3-10,13,16,20H,11-12H2,1-2H3,(H,18,21). The molecule has 1 aromatic heterocycles. The van der Waals surface area contributed by atoms with Gasteiger partial charge in [0.25, 0.3) is 0 Å². The zero-order valence-corrected chi connectivity index (χ0v) is 12.9. The molecule has 1 aromatic carbocycles. The van der Waals surface area contributed by atoms with E-state index in [-0.39, 0.29) is 18.5 Å². The average Bonchev–Trinajstić information content (AvgIpc) is 3.07. The number of aliphatic hydroxyl groups excluding tert-OH is 1. The molecule has 5 heteroatoms. The number of nitrogens with one attached hydrogen (secondary N) is 1. The van der Waals surface area contributed by atoms with E-state index >= 15 is 0 Å². The first-order valence-electron chi connectivity index (χ1n) is 7.31. The van der Waals surface area contributed by atoms with Gasteiger partial charge in [0.1, 0.15) is 5.75 Å². The van der Waals surface area contributed by atoms with Crippen LogP contribution in [0.4, 0.5) is 0 Å². The molecule has 0 bridgehead atoms. The molecule has 0 spiro atoms. The number of amides is 1. The second kappa shape index (κ2) is 7.66. The molecule has 2 aromatic rings. The lowest BCUT2D eigenvalue weighted by molar-refractivity contribution is -0.122. The first-order chi connectivity index (χ1) is 10.6. The Balaban J connectivity index is 1.79. The van der Waals surface area contributed by atoms with Crippen molar-refractivity contribution in [1.29, 1.82) is 0 Å². The molecule has 0 saturated carbocycles. The topological polar surface area (TPSA) is 63.5 Å². The molecule has 0 aliphatic carbocycles. The second-order valence-corrected chi connectivity index (χ2v) is 5.28. The molecule has 1 amide bonds. The predicted octanol–water partition coefficient (Wildman–Crippen LogP) is 2.30. The zero-order valence-electron chi connectivity index (χ0n) is 12.9. The number of carbonyl (C=O) groups excluding carboxylic acids is 1. The number of ether oxygens (including phenoxy) is 1. The van der Waals surface area contributed by atoms with Gasteiger partial charge < -0.3 is 19.7 Å². The molecule has 118 valence electrons. The third-order valence-electron chi connectivity index (χ3n) is 3.61. The monoisotopic (exact) mass is 302 g/mol. The van der Waals surface area contributed by atoms with Gasteiger partial charge in [-0.2, -0.15) is 0 Å². The third kappa shape index (κ3) is 4.36. The Morgan fingerprint density at radius 2 is 1.91 bits per heavy atom. The van der Waals surface area contributed by atoms with E-state index in [0.29, 0.717) is 6.42 Å². The number of hydrogen-bond acceptors (Lipinski definition) is 3. The Morgan fingerprint density at radius 3 is 2.50 bits per heavy atom. The molecule has 22 heavy (non-hydrogen) atoms. The first-order valence-corrected chi connectivity index (χ1v) is 7.31. The van der Waals surface area contributed by atoms with Crippen molar-refractivity contribution in [3.05, 3.63) is 54.4 Å². The van der Waals surface area contributed by atoms with E-state index in [1.807, 2.05) is 36.0 Å². The molecule has 0 saturated heterocycles. The number of methoxy groups -OCH3 is 1. The van der Waals surface area contributed by atoms with Gasteiger partial charge in [-0.05, 0) is 36.8 Å². The lowest BCUT2D eigenvalue weighted by Gasteiger charge is -2.16. The van der Waals surface area contributed by atoms with E-state index in [4.69, 9.17) is 4.74 Å². The number of benzene rings is 1. The number of nitrogens with zero attached hydrogens (tertiary/aromatic N) is 1. The van der Waals surface area contributed by atoms with Crippen LogP contribution in [0.25, 0.3) is 0 Å². The maximum Gasteiger partial charge on any atom is 0.222 e. The normalized spacial score (nSPS) is 13.4. The Morgan fingerprint density at radius 1 is 1.27 bits per heavy atom. The molecule has 2 unspecified atom stereocenters. The fourth-order valence-corrected chi connectivity index (χ4v) is 2.24. The minimum atomic E-state index is -0.725. The molecule has 0 fully saturated rings. The first kappa shape index (κ1) is 16.1. The number of hydrogen-bond donors (Lipinski definition) is 2.